The zero-order valence-electron chi connectivity index (χ0n) is 13.6. The Hall–Kier alpha value is -2.27. The van der Waals surface area contributed by atoms with Crippen LogP contribution < -0.4 is 5.43 Å². The van der Waals surface area contributed by atoms with Crippen LogP contribution in [0.3, 0.4) is 0 Å². The molecule has 1 aliphatic carbocycles. The molecular weight excluding hydrogens is 296 g/mol. The van der Waals surface area contributed by atoms with Crippen molar-refractivity contribution in [1.29, 1.82) is 0 Å². The number of nitrogens with zero attached hydrogens (tertiary/aromatic N) is 2. The Kier molecular flexibility index (Phi) is 5.82. The van der Waals surface area contributed by atoms with Crippen LogP contribution in [0.2, 0.25) is 0 Å². The highest BCUT2D eigenvalue weighted by Gasteiger charge is 2.23. The molecule has 3 nitrogen and oxygen atoms in total. The van der Waals surface area contributed by atoms with Crippen molar-refractivity contribution in [3.8, 4) is 0 Å². The Bertz CT molecular complexity index is 671. The number of hydrogen-bond donors (Lipinski definition) is 1. The molecule has 0 heterocycles. The molecule has 0 fully saturated rings. The van der Waals surface area contributed by atoms with Crippen LogP contribution in [0.15, 0.2) is 64.6 Å². The standard InChI is InChI=1S/C18H21F2N3/c1-4-15(13-9-7-6-8-10-13)21-16(5-2)17(14-11-12-14)18(19)22-23(3)20/h4,6-11,22H,5,12H2,1-3H3/b15-4-,18-17+,21-16+. The number of halogens is 2. The molecule has 0 aliphatic heterocycles. The summed E-state index contributed by atoms with van der Waals surface area (Å²) in [5.74, 6) is -0.720. The van der Waals surface area contributed by atoms with E-state index >= 15 is 0 Å². The fourth-order valence-corrected chi connectivity index (χ4v) is 2.26. The van der Waals surface area contributed by atoms with Crippen LogP contribution in [-0.4, -0.2) is 18.0 Å². The van der Waals surface area contributed by atoms with Gasteiger partial charge >= 0.3 is 0 Å². The van der Waals surface area contributed by atoms with E-state index in [1.165, 1.54) is 0 Å². The molecule has 1 aliphatic rings. The van der Waals surface area contributed by atoms with Gasteiger partial charge in [0.25, 0.3) is 0 Å². The van der Waals surface area contributed by atoms with E-state index in [2.05, 4.69) is 4.99 Å². The van der Waals surface area contributed by atoms with Crippen molar-refractivity contribution in [3.63, 3.8) is 0 Å². The zero-order chi connectivity index (χ0) is 16.8. The minimum absolute atomic E-state index is 0.0965. The summed E-state index contributed by atoms with van der Waals surface area (Å²) in [6.45, 7) is 3.80. The molecule has 5 heteroatoms. The van der Waals surface area contributed by atoms with E-state index in [0.717, 1.165) is 23.9 Å². The lowest BCUT2D eigenvalue weighted by atomic mass is 10.1. The van der Waals surface area contributed by atoms with Gasteiger partial charge in [-0.1, -0.05) is 54.6 Å². The van der Waals surface area contributed by atoms with Gasteiger partial charge in [0.15, 0.2) is 0 Å². The molecule has 122 valence electrons. The highest BCUT2D eigenvalue weighted by atomic mass is 19.2. The van der Waals surface area contributed by atoms with Gasteiger partial charge in [-0.25, -0.2) is 0 Å². The van der Waals surface area contributed by atoms with E-state index < -0.39 is 5.95 Å². The third-order valence-corrected chi connectivity index (χ3v) is 3.42. The summed E-state index contributed by atoms with van der Waals surface area (Å²) in [6.07, 6.45) is 5.03. The summed E-state index contributed by atoms with van der Waals surface area (Å²) in [7, 11) is 1.10. The topological polar surface area (TPSA) is 27.6 Å². The van der Waals surface area contributed by atoms with Crippen LogP contribution in [0.4, 0.5) is 8.87 Å². The van der Waals surface area contributed by atoms with Gasteiger partial charge < -0.3 is 0 Å². The van der Waals surface area contributed by atoms with Gasteiger partial charge in [-0.2, -0.15) is 4.39 Å². The van der Waals surface area contributed by atoms with Crippen molar-refractivity contribution in [2.75, 3.05) is 7.05 Å². The van der Waals surface area contributed by atoms with Gasteiger partial charge in [0.05, 0.1) is 17.0 Å². The molecule has 0 unspecified atom stereocenters. The van der Waals surface area contributed by atoms with Gasteiger partial charge in [-0.05, 0) is 30.9 Å². The fourth-order valence-electron chi connectivity index (χ4n) is 2.26. The van der Waals surface area contributed by atoms with Crippen LogP contribution >= 0.6 is 0 Å². The largest absolute Gasteiger partial charge is 0.267 e. The van der Waals surface area contributed by atoms with Crippen molar-refractivity contribution in [3.05, 3.63) is 65.1 Å². The molecule has 0 atom stereocenters. The van der Waals surface area contributed by atoms with E-state index in [1.54, 1.807) is 0 Å². The zero-order valence-corrected chi connectivity index (χ0v) is 13.6. The number of allylic oxidation sites excluding steroid dienone is 4. The molecule has 0 aromatic heterocycles. The first-order valence-electron chi connectivity index (χ1n) is 7.61. The lowest BCUT2D eigenvalue weighted by molar-refractivity contribution is 0.00361. The van der Waals surface area contributed by atoms with E-state index in [-0.39, 0.29) is 5.23 Å². The van der Waals surface area contributed by atoms with E-state index in [9.17, 15) is 8.87 Å². The summed E-state index contributed by atoms with van der Waals surface area (Å²) in [5.41, 5.74) is 5.57. The first-order valence-corrected chi connectivity index (χ1v) is 7.61. The van der Waals surface area contributed by atoms with Gasteiger partial charge in [0, 0.05) is 7.05 Å². The second kappa shape index (κ2) is 7.83. The van der Waals surface area contributed by atoms with Gasteiger partial charge in [0.2, 0.25) is 5.95 Å². The lowest BCUT2D eigenvalue weighted by Crippen LogP contribution is -2.26. The first kappa shape index (κ1) is 17.1. The van der Waals surface area contributed by atoms with Crippen LogP contribution in [-0.2, 0) is 0 Å². The predicted molar refractivity (Wildman–Crippen MR) is 90.7 cm³/mol. The van der Waals surface area contributed by atoms with Crippen LogP contribution in [0.5, 0.6) is 0 Å². The predicted octanol–water partition coefficient (Wildman–Crippen LogP) is 4.73. The fraction of sp³-hybridized carbons (Fsp3) is 0.278. The molecule has 0 spiro atoms. The SMILES string of the molecule is C\C=C(/N=C(CC)/C(C1=CC1)=C(\F)NN(C)F)c1ccccc1. The number of aliphatic imine (C=N–C) groups is 1. The molecule has 1 aromatic rings. The number of rotatable bonds is 7. The molecule has 0 amide bonds. The monoisotopic (exact) mass is 317 g/mol. The third kappa shape index (κ3) is 4.60. The number of hydrogen-bond acceptors (Lipinski definition) is 3. The Labute approximate surface area is 135 Å². The Morgan fingerprint density at radius 2 is 2.00 bits per heavy atom. The van der Waals surface area contributed by atoms with Crippen molar-refractivity contribution >= 4 is 11.4 Å². The van der Waals surface area contributed by atoms with Crippen LogP contribution in [0.1, 0.15) is 32.3 Å². The smallest absolute Gasteiger partial charge is 0.212 e. The molecule has 23 heavy (non-hydrogen) atoms. The minimum Gasteiger partial charge on any atom is -0.267 e. The quantitative estimate of drug-likeness (QED) is 0.341. The normalized spacial score (nSPS) is 16.2. The van der Waals surface area contributed by atoms with Crippen molar-refractivity contribution in [2.24, 2.45) is 4.99 Å². The Morgan fingerprint density at radius 3 is 2.48 bits per heavy atom. The van der Waals surface area contributed by atoms with Gasteiger partial charge in [-0.3, -0.25) is 10.4 Å². The Morgan fingerprint density at radius 1 is 1.35 bits per heavy atom. The Balaban J connectivity index is 2.41. The summed E-state index contributed by atoms with van der Waals surface area (Å²) < 4.78 is 27.3. The lowest BCUT2D eigenvalue weighted by Gasteiger charge is -2.13. The number of benzene rings is 1. The molecule has 0 bridgehead atoms. The van der Waals surface area contributed by atoms with Crippen LogP contribution in [0.25, 0.3) is 5.70 Å². The average Bonchev–Trinajstić information content (AvgIpc) is 3.36. The second-order valence-corrected chi connectivity index (χ2v) is 5.16. The third-order valence-electron chi connectivity index (χ3n) is 3.42. The molecule has 0 saturated heterocycles. The molecule has 0 saturated carbocycles. The highest BCUT2D eigenvalue weighted by Crippen LogP contribution is 2.32. The van der Waals surface area contributed by atoms with Crippen molar-refractivity contribution < 1.29 is 8.87 Å². The maximum absolute atomic E-state index is 14.3. The molecule has 0 radical (unpaired) electrons. The molecule has 2 rings (SSSR count). The van der Waals surface area contributed by atoms with Crippen molar-refractivity contribution in [1.82, 2.24) is 10.7 Å². The number of nitrogens with one attached hydrogen (secondary N) is 1. The second-order valence-electron chi connectivity index (χ2n) is 5.16. The summed E-state index contributed by atoms with van der Waals surface area (Å²) in [4.78, 5) is 4.63. The van der Waals surface area contributed by atoms with Crippen LogP contribution in [0, 0.1) is 0 Å². The van der Waals surface area contributed by atoms with Gasteiger partial charge in [0.1, 0.15) is 0 Å². The molecule has 1 aromatic carbocycles. The maximum atomic E-state index is 14.3. The van der Waals surface area contributed by atoms with E-state index in [1.807, 2.05) is 61.8 Å². The first-order chi connectivity index (χ1) is 11.1. The summed E-state index contributed by atoms with van der Waals surface area (Å²) in [6, 6.07) is 9.70. The van der Waals surface area contributed by atoms with E-state index in [4.69, 9.17) is 0 Å². The number of hydrazine groups is 1. The maximum Gasteiger partial charge on any atom is 0.212 e. The van der Waals surface area contributed by atoms with Gasteiger partial charge in [-0.15, -0.1) is 4.48 Å². The highest BCUT2D eigenvalue weighted by molar-refractivity contribution is 6.07. The van der Waals surface area contributed by atoms with Crippen molar-refractivity contribution in [2.45, 2.75) is 26.7 Å². The average molecular weight is 317 g/mol. The minimum atomic E-state index is -0.720. The van der Waals surface area contributed by atoms with E-state index in [0.29, 0.717) is 24.1 Å². The molecular formula is C18H21F2N3. The summed E-state index contributed by atoms with van der Waals surface area (Å²) >= 11 is 0. The molecule has 1 N–H and O–H groups in total. The summed E-state index contributed by atoms with van der Waals surface area (Å²) in [5, 5.41) is 0.0965.